The van der Waals surface area contributed by atoms with Crippen molar-refractivity contribution in [2.75, 3.05) is 18.0 Å². The molecule has 0 saturated carbocycles. The molecule has 3 nitrogen and oxygen atoms in total. The highest BCUT2D eigenvalue weighted by atomic mass is 16.4. The molecule has 1 N–H and O–H groups in total. The van der Waals surface area contributed by atoms with E-state index in [9.17, 15) is 4.79 Å². The van der Waals surface area contributed by atoms with Crippen LogP contribution in [0.2, 0.25) is 0 Å². The monoisotopic (exact) mass is 243 g/mol. The molecule has 3 heteroatoms. The largest absolute Gasteiger partial charge is 0.481 e. The van der Waals surface area contributed by atoms with E-state index < -0.39 is 5.97 Å². The van der Waals surface area contributed by atoms with Crippen LogP contribution in [0.15, 0.2) is 42.5 Å². The maximum Gasteiger partial charge on any atom is 0.305 e. The van der Waals surface area contributed by atoms with Crippen molar-refractivity contribution in [1.29, 1.82) is 0 Å². The number of benzene rings is 2. The van der Waals surface area contributed by atoms with Gasteiger partial charge < -0.3 is 10.0 Å². The van der Waals surface area contributed by atoms with E-state index in [2.05, 4.69) is 23.1 Å². The Morgan fingerprint density at radius 3 is 2.61 bits per heavy atom. The van der Waals surface area contributed by atoms with Gasteiger partial charge in [0, 0.05) is 24.2 Å². The number of fused-ring (bicyclic) bond motifs is 1. The molecule has 0 bridgehead atoms. The number of carbonyl (C=O) groups is 1. The molecule has 94 valence electrons. The lowest BCUT2D eigenvalue weighted by atomic mass is 10.1. The molecule has 2 aromatic rings. The highest BCUT2D eigenvalue weighted by molar-refractivity contribution is 5.94. The predicted molar refractivity (Wildman–Crippen MR) is 74.1 cm³/mol. The van der Waals surface area contributed by atoms with Crippen LogP contribution in [0.25, 0.3) is 10.8 Å². The van der Waals surface area contributed by atoms with Gasteiger partial charge >= 0.3 is 5.97 Å². The van der Waals surface area contributed by atoms with Crippen LogP contribution in [0, 0.1) is 0 Å². The van der Waals surface area contributed by atoms with Crippen LogP contribution < -0.4 is 4.90 Å². The third kappa shape index (κ3) is 2.62. The summed E-state index contributed by atoms with van der Waals surface area (Å²) in [5, 5.41) is 11.1. The number of hydrogen-bond donors (Lipinski definition) is 1. The lowest BCUT2D eigenvalue weighted by Gasteiger charge is -2.24. The summed E-state index contributed by atoms with van der Waals surface area (Å²) in [7, 11) is 0. The third-order valence-corrected chi connectivity index (χ3v) is 3.08. The van der Waals surface area contributed by atoms with Gasteiger partial charge in [0.05, 0.1) is 6.42 Å². The van der Waals surface area contributed by atoms with E-state index >= 15 is 0 Å². The number of carboxylic acids is 1. The summed E-state index contributed by atoms with van der Waals surface area (Å²) in [4.78, 5) is 12.8. The lowest BCUT2D eigenvalue weighted by molar-refractivity contribution is -0.136. The molecule has 2 rings (SSSR count). The van der Waals surface area contributed by atoms with Crippen molar-refractivity contribution < 1.29 is 9.90 Å². The van der Waals surface area contributed by atoms with E-state index in [-0.39, 0.29) is 6.42 Å². The first kappa shape index (κ1) is 12.4. The zero-order chi connectivity index (χ0) is 13.0. The fraction of sp³-hybridized carbons (Fsp3) is 0.267. The van der Waals surface area contributed by atoms with Crippen molar-refractivity contribution >= 4 is 22.4 Å². The van der Waals surface area contributed by atoms with Gasteiger partial charge in [-0.15, -0.1) is 0 Å². The standard InChI is InChI=1S/C15H17NO2/c1-2-16(11-10-15(17)18)14-9-5-7-12-6-3-4-8-13(12)14/h3-9H,2,10-11H2,1H3,(H,17,18). The van der Waals surface area contributed by atoms with Gasteiger partial charge in [-0.1, -0.05) is 36.4 Å². The summed E-state index contributed by atoms with van der Waals surface area (Å²) in [6.45, 7) is 3.39. The maximum atomic E-state index is 10.7. The van der Waals surface area contributed by atoms with Gasteiger partial charge in [0.1, 0.15) is 0 Å². The van der Waals surface area contributed by atoms with Crippen LogP contribution in [0.5, 0.6) is 0 Å². The van der Waals surface area contributed by atoms with Gasteiger partial charge in [-0.2, -0.15) is 0 Å². The molecule has 0 atom stereocenters. The minimum Gasteiger partial charge on any atom is -0.481 e. The molecule has 0 aromatic heterocycles. The Hall–Kier alpha value is -2.03. The molecule has 0 unspecified atom stereocenters. The van der Waals surface area contributed by atoms with Gasteiger partial charge in [0.25, 0.3) is 0 Å². The third-order valence-electron chi connectivity index (χ3n) is 3.08. The predicted octanol–water partition coefficient (Wildman–Crippen LogP) is 3.14. The van der Waals surface area contributed by atoms with Gasteiger partial charge in [0.2, 0.25) is 0 Å². The van der Waals surface area contributed by atoms with Crippen LogP contribution in [-0.4, -0.2) is 24.2 Å². The number of rotatable bonds is 5. The number of nitrogens with zero attached hydrogens (tertiary/aromatic N) is 1. The normalized spacial score (nSPS) is 10.5. The molecule has 18 heavy (non-hydrogen) atoms. The summed E-state index contributed by atoms with van der Waals surface area (Å²) in [5.41, 5.74) is 1.11. The number of aliphatic carboxylic acids is 1. The fourth-order valence-corrected chi connectivity index (χ4v) is 2.16. The van der Waals surface area contributed by atoms with Crippen LogP contribution in [0.3, 0.4) is 0 Å². The Morgan fingerprint density at radius 1 is 1.17 bits per heavy atom. The molecular weight excluding hydrogens is 226 g/mol. The minimum absolute atomic E-state index is 0.164. The topological polar surface area (TPSA) is 40.5 Å². The molecule has 0 radical (unpaired) electrons. The minimum atomic E-state index is -0.756. The highest BCUT2D eigenvalue weighted by Crippen LogP contribution is 2.26. The Bertz CT molecular complexity index is 546. The number of anilines is 1. The smallest absolute Gasteiger partial charge is 0.305 e. The van der Waals surface area contributed by atoms with Crippen molar-refractivity contribution in [2.24, 2.45) is 0 Å². The molecule has 0 amide bonds. The first-order chi connectivity index (χ1) is 8.72. The molecule has 2 aromatic carbocycles. The summed E-state index contributed by atoms with van der Waals surface area (Å²) in [5.74, 6) is -0.756. The van der Waals surface area contributed by atoms with E-state index in [1.54, 1.807) is 0 Å². The van der Waals surface area contributed by atoms with Crippen LogP contribution >= 0.6 is 0 Å². The summed E-state index contributed by atoms with van der Waals surface area (Å²) in [6.07, 6.45) is 0.164. The summed E-state index contributed by atoms with van der Waals surface area (Å²) in [6, 6.07) is 14.3. The second-order valence-electron chi connectivity index (χ2n) is 4.22. The van der Waals surface area contributed by atoms with E-state index in [4.69, 9.17) is 5.11 Å². The Balaban J connectivity index is 2.35. The number of hydrogen-bond acceptors (Lipinski definition) is 2. The van der Waals surface area contributed by atoms with Gasteiger partial charge in [0.15, 0.2) is 0 Å². The van der Waals surface area contributed by atoms with Gasteiger partial charge in [-0.3, -0.25) is 4.79 Å². The van der Waals surface area contributed by atoms with Crippen LogP contribution in [0.1, 0.15) is 13.3 Å². The Kier molecular flexibility index (Phi) is 3.82. The average molecular weight is 243 g/mol. The van der Waals surface area contributed by atoms with E-state index in [1.807, 2.05) is 31.2 Å². The van der Waals surface area contributed by atoms with Crippen molar-refractivity contribution in [3.05, 3.63) is 42.5 Å². The van der Waals surface area contributed by atoms with Crippen LogP contribution in [0.4, 0.5) is 5.69 Å². The summed E-state index contributed by atoms with van der Waals surface area (Å²) >= 11 is 0. The van der Waals surface area contributed by atoms with Crippen molar-refractivity contribution in [3.63, 3.8) is 0 Å². The van der Waals surface area contributed by atoms with Crippen molar-refractivity contribution in [3.8, 4) is 0 Å². The molecular formula is C15H17NO2. The number of carboxylic acid groups (broad SMARTS) is 1. The first-order valence-electron chi connectivity index (χ1n) is 6.17. The first-order valence-corrected chi connectivity index (χ1v) is 6.17. The molecule has 0 aliphatic heterocycles. The zero-order valence-electron chi connectivity index (χ0n) is 10.5. The molecule has 0 saturated heterocycles. The second kappa shape index (κ2) is 5.54. The van der Waals surface area contributed by atoms with Gasteiger partial charge in [-0.05, 0) is 18.4 Å². The van der Waals surface area contributed by atoms with Crippen molar-refractivity contribution in [2.45, 2.75) is 13.3 Å². The molecule has 0 spiro atoms. The molecule has 0 fully saturated rings. The van der Waals surface area contributed by atoms with Crippen molar-refractivity contribution in [1.82, 2.24) is 0 Å². The maximum absolute atomic E-state index is 10.7. The molecule has 0 aliphatic carbocycles. The highest BCUT2D eigenvalue weighted by Gasteiger charge is 2.09. The SMILES string of the molecule is CCN(CCC(=O)O)c1cccc2ccccc12. The average Bonchev–Trinajstić information content (AvgIpc) is 2.39. The van der Waals surface area contributed by atoms with E-state index in [0.29, 0.717) is 6.54 Å². The summed E-state index contributed by atoms with van der Waals surface area (Å²) < 4.78 is 0. The van der Waals surface area contributed by atoms with E-state index in [0.717, 1.165) is 12.2 Å². The fourth-order valence-electron chi connectivity index (χ4n) is 2.16. The Morgan fingerprint density at radius 2 is 1.89 bits per heavy atom. The Labute approximate surface area is 107 Å². The van der Waals surface area contributed by atoms with Crippen LogP contribution in [-0.2, 0) is 4.79 Å². The lowest BCUT2D eigenvalue weighted by Crippen LogP contribution is -2.25. The van der Waals surface area contributed by atoms with E-state index in [1.165, 1.54) is 10.8 Å². The second-order valence-corrected chi connectivity index (χ2v) is 4.22. The zero-order valence-corrected chi connectivity index (χ0v) is 10.5. The van der Waals surface area contributed by atoms with Gasteiger partial charge in [-0.25, -0.2) is 0 Å². The quantitative estimate of drug-likeness (QED) is 0.877. The molecule has 0 aliphatic rings. The molecule has 0 heterocycles.